The number of anilines is 5. The molecule has 5 aromatic rings. The number of ether oxygens (including phenoxy) is 12. The van der Waals surface area contributed by atoms with E-state index in [4.69, 9.17) is 61.3 Å². The molecule has 0 atom stereocenters. The number of Topliss-reactive ketones (excluding diaryl/α,β-unsaturated/α-hetero) is 1. The molecule has 0 saturated heterocycles. The Morgan fingerprint density at radius 2 is 0.786 bits per heavy atom. The molecular weight excluding hydrogens is 1450 g/mol. The molecule has 0 bridgehead atoms. The monoisotopic (exact) mass is 1550 g/mol. The highest BCUT2D eigenvalue weighted by Crippen LogP contribution is 2.44. The van der Waals surface area contributed by atoms with Crippen LogP contribution in [0.5, 0.6) is 23.0 Å². The zero-order valence-corrected chi connectivity index (χ0v) is 66.6. The lowest BCUT2D eigenvalue weighted by Crippen LogP contribution is -2.36. The maximum atomic E-state index is 13.0. The molecule has 1 heterocycles. The smallest absolute Gasteiger partial charge is 0.325 e. The van der Waals surface area contributed by atoms with Gasteiger partial charge >= 0.3 is 47.8 Å². The van der Waals surface area contributed by atoms with Gasteiger partial charge in [0.05, 0.1) is 81.7 Å². The summed E-state index contributed by atoms with van der Waals surface area (Å²) in [5.74, 6) is -2.54. The van der Waals surface area contributed by atoms with Gasteiger partial charge in [0.1, 0.15) is 139 Å². The molecule has 1 aliphatic heterocycles. The van der Waals surface area contributed by atoms with E-state index in [1.165, 1.54) is 28.9 Å². The average Bonchev–Trinajstić information content (AvgIpc) is 0.747. The SMILES string of the molecule is CCOC(=O)CN(CC(=O)OCC)c1ccc(-c2c3ccc(=[N+](C)C)cc-3oc3cc(N(C)C)ccc23)cc1OCCOc1ccc(CC(C)=O)cc1N(CC(=O)OCC)CC(=O)OCC.CCOC(=O)CN(CC(=O)OCC)c1ccc(C=O)cc1OCCOc1ccc(CC)cc1N(CC(=O)OCC)CC(=O)OCC. The Kier molecular flexibility index (Phi) is 36.5. The molecule has 7 rings (SSSR count). The zero-order valence-electron chi connectivity index (χ0n) is 66.6. The number of hydrogen-bond acceptors (Lipinski definition) is 28. The molecule has 604 valence electrons. The topological polar surface area (TPSA) is 314 Å². The fourth-order valence-corrected chi connectivity index (χ4v) is 11.7. The van der Waals surface area contributed by atoms with Crippen molar-refractivity contribution in [2.45, 2.75) is 82.1 Å². The minimum atomic E-state index is -0.570. The summed E-state index contributed by atoms with van der Waals surface area (Å²) in [5.41, 5.74) is 7.67. The molecule has 0 aromatic heterocycles. The molecule has 0 fully saturated rings. The predicted octanol–water partition coefficient (Wildman–Crippen LogP) is 9.14. The maximum Gasteiger partial charge on any atom is 0.325 e. The number of benzene rings is 6. The molecule has 5 aromatic carbocycles. The highest BCUT2D eigenvalue weighted by molar-refractivity contribution is 6.03. The number of fused-ring (bicyclic) bond motifs is 2. The first kappa shape index (κ1) is 89.0. The number of nitrogens with zero attached hydrogens (tertiary/aromatic N) is 6. The minimum Gasteiger partial charge on any atom is -0.488 e. The van der Waals surface area contributed by atoms with Crippen LogP contribution in [-0.2, 0) is 93.9 Å². The van der Waals surface area contributed by atoms with Crippen molar-refractivity contribution in [1.82, 2.24) is 4.58 Å². The third-order valence-corrected chi connectivity index (χ3v) is 16.6. The fraction of sp³-hybridized carbons (Fsp3) is 0.434. The number of aldehydes is 1. The van der Waals surface area contributed by atoms with Gasteiger partial charge in [-0.15, -0.1) is 0 Å². The van der Waals surface area contributed by atoms with Gasteiger partial charge in [0.15, 0.2) is 0 Å². The van der Waals surface area contributed by atoms with E-state index in [1.807, 2.05) is 105 Å². The van der Waals surface area contributed by atoms with Crippen LogP contribution in [0.2, 0.25) is 0 Å². The molecule has 0 unspecified atom stereocenters. The van der Waals surface area contributed by atoms with Gasteiger partial charge < -0.3 is 85.8 Å². The van der Waals surface area contributed by atoms with E-state index in [-0.39, 0.29) is 150 Å². The molecule has 112 heavy (non-hydrogen) atoms. The van der Waals surface area contributed by atoms with Crippen molar-refractivity contribution in [1.29, 1.82) is 0 Å². The fourth-order valence-electron chi connectivity index (χ4n) is 11.7. The first-order valence-electron chi connectivity index (χ1n) is 37.3. The number of carbonyl (C=O) groups excluding carboxylic acids is 10. The summed E-state index contributed by atoms with van der Waals surface area (Å²) in [6.45, 7) is 16.1. The standard InChI is InChI=1S/C50H61N4O12.C33H44N2O11/c1-10-60-46(56)29-53(30-47(57)61-11-2)40-20-15-35(50-38-18-16-36(51(6)7)27-43(38)66-44-28-37(52(8)9)17-19-39(44)50)26-45(40)65-23-22-64-42-21-14-34(24-33(5)55)25-41(42)54(31-48(58)62-12-3)32-49(59)63-13-4;1-6-24-12-14-28(27(17-24)35(21-32(39)43-9-4)22-33(40)44-10-5)45-15-16-46-29-18-25(23-36)11-13-26(29)34(19-30(37)41-7-2)20-31(38)42-8-3/h14-21,25-28H,10-13,22-24,29-32H2,1-9H3;11-14,17-18,23H,6-10,15-16,19-22H2,1-5H3/q+1;. The summed E-state index contributed by atoms with van der Waals surface area (Å²) in [5, 5.41) is 1.80. The third kappa shape index (κ3) is 27.3. The quantitative estimate of drug-likeness (QED) is 0.00857. The van der Waals surface area contributed by atoms with Crippen molar-refractivity contribution in [3.05, 3.63) is 131 Å². The summed E-state index contributed by atoms with van der Waals surface area (Å²) >= 11 is 0. The first-order valence-corrected chi connectivity index (χ1v) is 37.3. The van der Waals surface area contributed by atoms with Crippen LogP contribution in [0.4, 0.5) is 28.4 Å². The molecular formula is C83H105N6O23+. The Balaban J connectivity index is 0.000000373. The second kappa shape index (κ2) is 45.9. The van der Waals surface area contributed by atoms with Crippen LogP contribution in [0.15, 0.2) is 114 Å². The van der Waals surface area contributed by atoms with Gasteiger partial charge in [0.2, 0.25) is 5.36 Å². The first-order chi connectivity index (χ1) is 53.8. The van der Waals surface area contributed by atoms with E-state index < -0.39 is 47.8 Å². The molecule has 0 N–H and O–H groups in total. The van der Waals surface area contributed by atoms with Gasteiger partial charge in [-0.05, 0) is 158 Å². The lowest BCUT2D eigenvalue weighted by Gasteiger charge is -2.27. The molecule has 1 aliphatic carbocycles. The van der Waals surface area contributed by atoms with E-state index in [0.29, 0.717) is 75.2 Å². The highest BCUT2D eigenvalue weighted by Gasteiger charge is 2.28. The zero-order chi connectivity index (χ0) is 81.8. The van der Waals surface area contributed by atoms with E-state index in [2.05, 4.69) is 0 Å². The predicted molar refractivity (Wildman–Crippen MR) is 422 cm³/mol. The number of esters is 8. The van der Waals surface area contributed by atoms with Crippen molar-refractivity contribution >= 4 is 99.2 Å². The lowest BCUT2D eigenvalue weighted by atomic mass is 9.93. The second-order valence-corrected chi connectivity index (χ2v) is 25.2. The van der Waals surface area contributed by atoms with E-state index in [1.54, 1.807) is 102 Å². The summed E-state index contributed by atoms with van der Waals surface area (Å²) in [6, 6.07) is 32.8. The Bertz CT molecular complexity index is 4320. The normalized spacial score (nSPS) is 10.7. The third-order valence-electron chi connectivity index (χ3n) is 16.6. The molecule has 29 nitrogen and oxygen atoms in total. The number of aryl methyl sites for hydroxylation is 1. The van der Waals surface area contributed by atoms with Gasteiger partial charge in [0.25, 0.3) is 0 Å². The van der Waals surface area contributed by atoms with Crippen molar-refractivity contribution in [2.24, 2.45) is 0 Å². The molecule has 0 radical (unpaired) electrons. The van der Waals surface area contributed by atoms with Crippen molar-refractivity contribution in [3.63, 3.8) is 0 Å². The van der Waals surface area contributed by atoms with Crippen LogP contribution in [0.1, 0.15) is 90.7 Å². The van der Waals surface area contributed by atoms with E-state index >= 15 is 0 Å². The maximum absolute atomic E-state index is 13.0. The Morgan fingerprint density at radius 1 is 0.402 bits per heavy atom. The minimum absolute atomic E-state index is 0.00726. The number of ketones is 1. The summed E-state index contributed by atoms with van der Waals surface area (Å²) in [4.78, 5) is 133. The van der Waals surface area contributed by atoms with E-state index in [0.717, 1.165) is 38.7 Å². The molecule has 0 amide bonds. The van der Waals surface area contributed by atoms with Crippen LogP contribution in [0.3, 0.4) is 0 Å². The lowest BCUT2D eigenvalue weighted by molar-refractivity contribution is -0.144. The molecule has 0 spiro atoms. The van der Waals surface area contributed by atoms with Gasteiger partial charge in [-0.1, -0.05) is 25.1 Å². The molecule has 0 saturated carbocycles. The second-order valence-electron chi connectivity index (χ2n) is 25.2. The van der Waals surface area contributed by atoms with Crippen LogP contribution in [0, 0.1) is 0 Å². The van der Waals surface area contributed by atoms with Crippen molar-refractivity contribution in [3.8, 4) is 45.4 Å². The van der Waals surface area contributed by atoms with Crippen LogP contribution in [-0.4, -0.2) is 220 Å². The van der Waals surface area contributed by atoms with E-state index in [9.17, 15) is 47.9 Å². The van der Waals surface area contributed by atoms with Gasteiger partial charge in [-0.2, -0.15) is 0 Å². The van der Waals surface area contributed by atoms with Crippen molar-refractivity contribution in [2.75, 3.05) is 184 Å². The molecule has 29 heteroatoms. The number of rotatable bonds is 44. The average molecular weight is 1550 g/mol. The Hall–Kier alpha value is -11.9. The Morgan fingerprint density at radius 3 is 1.17 bits per heavy atom. The summed E-state index contributed by atoms with van der Waals surface area (Å²) in [7, 11) is 7.85. The van der Waals surface area contributed by atoms with Crippen LogP contribution in [0.25, 0.3) is 33.4 Å². The Labute approximate surface area is 653 Å². The highest BCUT2D eigenvalue weighted by atomic mass is 16.6. The van der Waals surface area contributed by atoms with Gasteiger partial charge in [0, 0.05) is 60.4 Å². The van der Waals surface area contributed by atoms with Crippen LogP contribution < -0.4 is 53.4 Å². The van der Waals surface area contributed by atoms with Gasteiger partial charge in [-0.25, -0.2) is 4.58 Å². The summed E-state index contributed by atoms with van der Waals surface area (Å²) in [6.07, 6.45) is 1.47. The number of carbonyl (C=O) groups is 10. The largest absolute Gasteiger partial charge is 0.488 e. The van der Waals surface area contributed by atoms with Gasteiger partial charge in [-0.3, -0.25) is 47.9 Å². The van der Waals surface area contributed by atoms with Crippen molar-refractivity contribution < 1.29 is 109 Å². The summed E-state index contributed by atoms with van der Waals surface area (Å²) < 4.78 is 75.0. The number of hydrogen-bond donors (Lipinski definition) is 0. The molecule has 2 aliphatic rings. The van der Waals surface area contributed by atoms with Crippen LogP contribution >= 0.6 is 0 Å².